The molecule has 0 unspecified atom stereocenters. The van der Waals surface area contributed by atoms with Gasteiger partial charge in [0.05, 0.1) is 17.0 Å². The molecule has 1 aromatic rings. The van der Waals surface area contributed by atoms with Gasteiger partial charge in [-0.2, -0.15) is 4.31 Å². The predicted octanol–water partition coefficient (Wildman–Crippen LogP) is 2.99. The number of halogens is 1. The van der Waals surface area contributed by atoms with Crippen molar-refractivity contribution in [2.45, 2.75) is 43.0 Å². The first-order chi connectivity index (χ1) is 11.5. The van der Waals surface area contributed by atoms with Crippen LogP contribution in [0.1, 0.15) is 32.1 Å². The molecule has 0 radical (unpaired) electrons. The molecule has 24 heavy (non-hydrogen) atoms. The number of ether oxygens (including phenoxy) is 1. The molecule has 0 spiro atoms. The zero-order valence-corrected chi connectivity index (χ0v) is 15.7. The Morgan fingerprint density at radius 3 is 2.33 bits per heavy atom. The third-order valence-electron chi connectivity index (χ3n) is 5.13. The van der Waals surface area contributed by atoms with Crippen LogP contribution in [0.25, 0.3) is 0 Å². The van der Waals surface area contributed by atoms with Crippen molar-refractivity contribution in [3.63, 3.8) is 0 Å². The summed E-state index contributed by atoms with van der Waals surface area (Å²) in [4.78, 5) is 2.70. The second kappa shape index (κ2) is 7.60. The lowest BCUT2D eigenvalue weighted by molar-refractivity contribution is 0.111. The highest BCUT2D eigenvalue weighted by molar-refractivity contribution is 7.89. The van der Waals surface area contributed by atoms with Crippen molar-refractivity contribution >= 4 is 21.6 Å². The predicted molar refractivity (Wildman–Crippen MR) is 95.2 cm³/mol. The number of piperazine rings is 1. The van der Waals surface area contributed by atoms with E-state index in [1.165, 1.54) is 45.3 Å². The summed E-state index contributed by atoms with van der Waals surface area (Å²) < 4.78 is 32.3. The van der Waals surface area contributed by atoms with Crippen molar-refractivity contribution < 1.29 is 13.2 Å². The molecule has 0 N–H and O–H groups in total. The summed E-state index contributed by atoms with van der Waals surface area (Å²) >= 11 is 6.08. The summed E-state index contributed by atoms with van der Waals surface area (Å²) in [7, 11) is -1.98. The van der Waals surface area contributed by atoms with Gasteiger partial charge in [0.25, 0.3) is 0 Å². The number of hydrogen-bond donors (Lipinski definition) is 0. The van der Waals surface area contributed by atoms with Crippen molar-refractivity contribution in [1.82, 2.24) is 9.21 Å². The molecule has 7 heteroatoms. The quantitative estimate of drug-likeness (QED) is 0.815. The lowest BCUT2D eigenvalue weighted by Gasteiger charge is -2.40. The smallest absolute Gasteiger partial charge is 0.243 e. The molecule has 2 fully saturated rings. The van der Waals surface area contributed by atoms with E-state index in [1.807, 2.05) is 0 Å². The van der Waals surface area contributed by atoms with Crippen molar-refractivity contribution in [1.29, 1.82) is 0 Å². The molecule has 1 heterocycles. The number of nitrogens with zero attached hydrogens (tertiary/aromatic N) is 2. The molecule has 0 atom stereocenters. The highest BCUT2D eigenvalue weighted by Gasteiger charge is 2.31. The van der Waals surface area contributed by atoms with Crippen molar-refractivity contribution in [3.05, 3.63) is 23.2 Å². The Morgan fingerprint density at radius 1 is 1.08 bits per heavy atom. The van der Waals surface area contributed by atoms with E-state index in [1.54, 1.807) is 16.4 Å². The Morgan fingerprint density at radius 2 is 1.75 bits per heavy atom. The zero-order chi connectivity index (χ0) is 17.2. The van der Waals surface area contributed by atoms with Gasteiger partial charge in [0.15, 0.2) is 0 Å². The Balaban J connectivity index is 1.67. The number of methoxy groups -OCH3 is 1. The first-order valence-corrected chi connectivity index (χ1v) is 10.4. The molecular weight excluding hydrogens is 348 g/mol. The van der Waals surface area contributed by atoms with Crippen molar-refractivity contribution in [2.24, 2.45) is 0 Å². The van der Waals surface area contributed by atoms with E-state index < -0.39 is 10.0 Å². The van der Waals surface area contributed by atoms with E-state index in [2.05, 4.69) is 4.90 Å². The lowest BCUT2D eigenvalue weighted by Crippen LogP contribution is -2.52. The molecule has 0 aromatic heterocycles. The third kappa shape index (κ3) is 3.72. The maximum atomic E-state index is 12.8. The van der Waals surface area contributed by atoms with Gasteiger partial charge in [-0.1, -0.05) is 30.9 Å². The largest absolute Gasteiger partial charge is 0.495 e. The van der Waals surface area contributed by atoms with Crippen LogP contribution in [0.5, 0.6) is 5.75 Å². The van der Waals surface area contributed by atoms with E-state index >= 15 is 0 Å². The molecule has 5 nitrogen and oxygen atoms in total. The minimum atomic E-state index is -3.50. The molecule has 1 aromatic carbocycles. The van der Waals surface area contributed by atoms with Crippen LogP contribution in [0.15, 0.2) is 23.1 Å². The number of rotatable bonds is 4. The number of hydrogen-bond acceptors (Lipinski definition) is 4. The van der Waals surface area contributed by atoms with Gasteiger partial charge < -0.3 is 4.74 Å². The van der Waals surface area contributed by atoms with Gasteiger partial charge in [0, 0.05) is 32.2 Å². The van der Waals surface area contributed by atoms with Crippen LogP contribution in [0.2, 0.25) is 5.02 Å². The fourth-order valence-corrected chi connectivity index (χ4v) is 5.48. The molecule has 0 bridgehead atoms. The maximum Gasteiger partial charge on any atom is 0.243 e. The van der Waals surface area contributed by atoms with E-state index in [9.17, 15) is 8.42 Å². The summed E-state index contributed by atoms with van der Waals surface area (Å²) in [6.45, 7) is 2.71. The molecule has 134 valence electrons. The Kier molecular flexibility index (Phi) is 5.70. The van der Waals surface area contributed by atoms with Gasteiger partial charge in [-0.05, 0) is 31.0 Å². The normalized spacial score (nSPS) is 21.8. The maximum absolute atomic E-state index is 12.8. The monoisotopic (exact) mass is 372 g/mol. The molecule has 1 aliphatic carbocycles. The van der Waals surface area contributed by atoms with E-state index in [4.69, 9.17) is 16.3 Å². The third-order valence-corrected chi connectivity index (χ3v) is 7.32. The first-order valence-electron chi connectivity index (χ1n) is 8.60. The van der Waals surface area contributed by atoms with E-state index in [-0.39, 0.29) is 4.90 Å². The second-order valence-electron chi connectivity index (χ2n) is 6.53. The van der Waals surface area contributed by atoms with Crippen LogP contribution >= 0.6 is 11.6 Å². The van der Waals surface area contributed by atoms with Gasteiger partial charge >= 0.3 is 0 Å². The average molecular weight is 373 g/mol. The van der Waals surface area contributed by atoms with Gasteiger partial charge in [-0.25, -0.2) is 8.42 Å². The summed E-state index contributed by atoms with van der Waals surface area (Å²) in [5.41, 5.74) is 0. The lowest BCUT2D eigenvalue weighted by atomic mass is 9.94. The van der Waals surface area contributed by atoms with Crippen molar-refractivity contribution in [2.75, 3.05) is 33.3 Å². The molecule has 2 aliphatic rings. The number of benzene rings is 1. The second-order valence-corrected chi connectivity index (χ2v) is 8.87. The highest BCUT2D eigenvalue weighted by atomic mass is 35.5. The van der Waals surface area contributed by atoms with Crippen molar-refractivity contribution in [3.8, 4) is 5.75 Å². The Labute approximate surface area is 149 Å². The minimum absolute atomic E-state index is 0.236. The molecule has 0 amide bonds. The fourth-order valence-electron chi connectivity index (χ4n) is 3.71. The standard InChI is InChI=1S/C17H25ClN2O3S/c1-23-17-8-7-15(13-16(17)18)24(21,22)20-11-9-19(10-12-20)14-5-3-2-4-6-14/h7-8,13-14H,2-6,9-12H2,1H3. The van der Waals surface area contributed by atoms with Crippen LogP contribution in [0.4, 0.5) is 0 Å². The average Bonchev–Trinajstić information content (AvgIpc) is 2.62. The fraction of sp³-hybridized carbons (Fsp3) is 0.647. The minimum Gasteiger partial charge on any atom is -0.495 e. The molecule has 1 saturated heterocycles. The SMILES string of the molecule is COc1ccc(S(=O)(=O)N2CCN(C3CCCCC3)CC2)cc1Cl. The van der Waals surface area contributed by atoms with Crippen LogP contribution in [0.3, 0.4) is 0 Å². The topological polar surface area (TPSA) is 49.9 Å². The molecule has 1 saturated carbocycles. The Hall–Kier alpha value is -0.820. The molecular formula is C17H25ClN2O3S. The summed E-state index contributed by atoms with van der Waals surface area (Å²) in [6.07, 6.45) is 6.44. The summed E-state index contributed by atoms with van der Waals surface area (Å²) in [5.74, 6) is 0.484. The highest BCUT2D eigenvalue weighted by Crippen LogP contribution is 2.29. The Bertz CT molecular complexity index is 666. The van der Waals surface area contributed by atoms with Gasteiger partial charge in [-0.3, -0.25) is 4.90 Å². The van der Waals surface area contributed by atoms with Crippen LogP contribution in [-0.4, -0.2) is 57.0 Å². The molecule has 3 rings (SSSR count). The van der Waals surface area contributed by atoms with E-state index in [0.29, 0.717) is 29.9 Å². The van der Waals surface area contributed by atoms with Gasteiger partial charge in [0.2, 0.25) is 10.0 Å². The van der Waals surface area contributed by atoms with Crippen LogP contribution < -0.4 is 4.74 Å². The first kappa shape index (κ1) is 18.0. The van der Waals surface area contributed by atoms with E-state index in [0.717, 1.165) is 13.1 Å². The van der Waals surface area contributed by atoms with Crippen LogP contribution in [0, 0.1) is 0 Å². The van der Waals surface area contributed by atoms with Gasteiger partial charge in [-0.15, -0.1) is 0 Å². The van der Waals surface area contributed by atoms with Crippen LogP contribution in [-0.2, 0) is 10.0 Å². The summed E-state index contributed by atoms with van der Waals surface area (Å²) in [5, 5.41) is 0.319. The molecule has 1 aliphatic heterocycles. The summed E-state index contributed by atoms with van der Waals surface area (Å²) in [6, 6.07) is 5.28. The van der Waals surface area contributed by atoms with Gasteiger partial charge in [0.1, 0.15) is 5.75 Å². The number of sulfonamides is 1. The zero-order valence-electron chi connectivity index (χ0n) is 14.1.